The van der Waals surface area contributed by atoms with E-state index in [9.17, 15) is 19.5 Å². The highest BCUT2D eigenvalue weighted by atomic mass is 16.5. The van der Waals surface area contributed by atoms with Crippen molar-refractivity contribution in [1.29, 1.82) is 0 Å². The molecule has 2 aromatic rings. The lowest BCUT2D eigenvalue weighted by Crippen LogP contribution is -2.29. The number of aromatic nitrogens is 1. The van der Waals surface area contributed by atoms with Gasteiger partial charge >= 0.3 is 5.97 Å². The second kappa shape index (κ2) is 7.96. The molecule has 1 unspecified atom stereocenters. The van der Waals surface area contributed by atoms with E-state index < -0.39 is 11.4 Å². The third kappa shape index (κ3) is 3.67. The monoisotopic (exact) mass is 424 g/mol. The standard InChI is InChI=1S/C24H28N2O5/c1-13(2)20-7-15-8-21(25-6-5-16(11-25)31-4)17(14(3)27)9-18(15)22-10-23(28)19(24(29)30)12-26(20)22/h8-10,12-13,16,20H,5-7,11H2,1-4H3,(H,29,30)/t16-,20?/m0/s1. The van der Waals surface area contributed by atoms with Gasteiger partial charge in [0.2, 0.25) is 0 Å². The number of hydrogen-bond acceptors (Lipinski definition) is 5. The first-order chi connectivity index (χ1) is 14.7. The van der Waals surface area contributed by atoms with E-state index in [-0.39, 0.29) is 29.4 Å². The second-order valence-electron chi connectivity index (χ2n) is 8.84. The molecule has 0 saturated carbocycles. The van der Waals surface area contributed by atoms with Crippen molar-refractivity contribution in [2.24, 2.45) is 5.92 Å². The SMILES string of the molecule is CO[C@H]1CCN(c2cc3c(cc2C(C)=O)-c2cc(=O)c(C(=O)O)cn2C(C(C)C)C3)C1. The number of ether oxygens (including phenoxy) is 1. The number of methoxy groups -OCH3 is 1. The normalized spacial score (nSPS) is 20.0. The van der Waals surface area contributed by atoms with Crippen LogP contribution in [0.3, 0.4) is 0 Å². The molecule has 3 heterocycles. The predicted molar refractivity (Wildman–Crippen MR) is 118 cm³/mol. The van der Waals surface area contributed by atoms with Crippen molar-refractivity contribution >= 4 is 17.4 Å². The van der Waals surface area contributed by atoms with Crippen molar-refractivity contribution < 1.29 is 19.4 Å². The van der Waals surface area contributed by atoms with E-state index >= 15 is 0 Å². The predicted octanol–water partition coefficient (Wildman–Crippen LogP) is 3.39. The first-order valence-electron chi connectivity index (χ1n) is 10.7. The fourth-order valence-electron chi connectivity index (χ4n) is 4.80. The summed E-state index contributed by atoms with van der Waals surface area (Å²) in [7, 11) is 1.71. The van der Waals surface area contributed by atoms with Crippen molar-refractivity contribution in [1.82, 2.24) is 4.57 Å². The highest BCUT2D eigenvalue weighted by molar-refractivity contribution is 6.01. The first kappa shape index (κ1) is 21.3. The summed E-state index contributed by atoms with van der Waals surface area (Å²) >= 11 is 0. The number of fused-ring (bicyclic) bond motifs is 3. The van der Waals surface area contributed by atoms with Crippen molar-refractivity contribution in [3.63, 3.8) is 0 Å². The van der Waals surface area contributed by atoms with Crippen LogP contribution in [-0.2, 0) is 11.2 Å². The lowest BCUT2D eigenvalue weighted by molar-refractivity contribution is 0.0694. The van der Waals surface area contributed by atoms with Crippen LogP contribution in [0.2, 0.25) is 0 Å². The van der Waals surface area contributed by atoms with Crippen LogP contribution >= 0.6 is 0 Å². The van der Waals surface area contributed by atoms with Crippen LogP contribution in [0.25, 0.3) is 11.3 Å². The summed E-state index contributed by atoms with van der Waals surface area (Å²) in [6.45, 7) is 7.29. The summed E-state index contributed by atoms with van der Waals surface area (Å²) < 4.78 is 7.40. The number of ketones is 1. The lowest BCUT2D eigenvalue weighted by Gasteiger charge is -2.34. The number of carbonyl (C=O) groups excluding carboxylic acids is 1. The van der Waals surface area contributed by atoms with E-state index in [1.165, 1.54) is 12.3 Å². The minimum absolute atomic E-state index is 0.0162. The van der Waals surface area contributed by atoms with Crippen molar-refractivity contribution in [2.75, 3.05) is 25.1 Å². The molecule has 1 aromatic carbocycles. The van der Waals surface area contributed by atoms with Crippen LogP contribution in [0.1, 0.15) is 59.5 Å². The van der Waals surface area contributed by atoms with E-state index in [1.807, 2.05) is 10.6 Å². The summed E-state index contributed by atoms with van der Waals surface area (Å²) in [5.41, 5.74) is 3.32. The molecule has 2 aliphatic heterocycles. The molecule has 2 aliphatic rings. The van der Waals surface area contributed by atoms with E-state index in [2.05, 4.69) is 24.8 Å². The number of pyridine rings is 1. The van der Waals surface area contributed by atoms with Gasteiger partial charge < -0.3 is 19.3 Å². The van der Waals surface area contributed by atoms with Crippen LogP contribution in [0.5, 0.6) is 0 Å². The maximum atomic E-state index is 12.6. The number of carboxylic acids is 1. The Labute approximate surface area is 181 Å². The van der Waals surface area contributed by atoms with Crippen LogP contribution in [0.15, 0.2) is 29.2 Å². The van der Waals surface area contributed by atoms with Gasteiger partial charge in [-0.15, -0.1) is 0 Å². The van der Waals surface area contributed by atoms with Crippen molar-refractivity contribution in [3.05, 3.63) is 51.3 Å². The van der Waals surface area contributed by atoms with Gasteiger partial charge in [-0.2, -0.15) is 0 Å². The van der Waals surface area contributed by atoms with Crippen LogP contribution in [0, 0.1) is 5.92 Å². The lowest BCUT2D eigenvalue weighted by atomic mass is 9.85. The van der Waals surface area contributed by atoms with Gasteiger partial charge in [0.05, 0.1) is 11.8 Å². The Hall–Kier alpha value is -2.93. The van der Waals surface area contributed by atoms with Gasteiger partial charge in [-0.1, -0.05) is 13.8 Å². The molecule has 31 heavy (non-hydrogen) atoms. The van der Waals surface area contributed by atoms with E-state index in [4.69, 9.17) is 4.74 Å². The molecule has 1 aromatic heterocycles. The Morgan fingerprint density at radius 2 is 1.94 bits per heavy atom. The zero-order chi connectivity index (χ0) is 22.4. The Bertz CT molecular complexity index is 1120. The molecule has 1 saturated heterocycles. The van der Waals surface area contributed by atoms with E-state index in [0.717, 1.165) is 36.3 Å². The van der Waals surface area contributed by atoms with Gasteiger partial charge in [0.15, 0.2) is 11.2 Å². The average molecular weight is 424 g/mol. The number of benzene rings is 1. The Kier molecular flexibility index (Phi) is 5.47. The number of rotatable bonds is 5. The molecule has 1 N–H and O–H groups in total. The summed E-state index contributed by atoms with van der Waals surface area (Å²) in [5, 5.41) is 9.43. The summed E-state index contributed by atoms with van der Waals surface area (Å²) in [4.78, 5) is 38.8. The molecule has 7 heteroatoms. The molecule has 4 rings (SSSR count). The van der Waals surface area contributed by atoms with Crippen molar-refractivity contribution in [2.45, 2.75) is 45.8 Å². The largest absolute Gasteiger partial charge is 0.477 e. The van der Waals surface area contributed by atoms with E-state index in [0.29, 0.717) is 17.7 Å². The molecule has 0 bridgehead atoms. The average Bonchev–Trinajstić information content (AvgIpc) is 3.20. The molecule has 0 amide bonds. The number of anilines is 1. The molecule has 164 valence electrons. The zero-order valence-corrected chi connectivity index (χ0v) is 18.3. The molecular formula is C24H28N2O5. The minimum atomic E-state index is -1.23. The maximum absolute atomic E-state index is 12.6. The Morgan fingerprint density at radius 1 is 1.19 bits per heavy atom. The Balaban J connectivity index is 1.91. The second-order valence-corrected chi connectivity index (χ2v) is 8.84. The van der Waals surface area contributed by atoms with E-state index in [1.54, 1.807) is 14.0 Å². The Morgan fingerprint density at radius 3 is 2.52 bits per heavy atom. The quantitative estimate of drug-likeness (QED) is 0.740. The number of aromatic carboxylic acids is 1. The van der Waals surface area contributed by atoms with Gasteiger partial charge in [-0.05, 0) is 43.4 Å². The number of hydrogen-bond donors (Lipinski definition) is 1. The number of nitrogens with zero attached hydrogens (tertiary/aromatic N) is 2. The van der Waals surface area contributed by atoms with Crippen LogP contribution < -0.4 is 10.3 Å². The van der Waals surface area contributed by atoms with Gasteiger partial charge in [0.1, 0.15) is 5.56 Å². The number of carboxylic acid groups (broad SMARTS) is 1. The third-order valence-corrected chi connectivity index (χ3v) is 6.56. The number of Topliss-reactive ketones (excluding diaryl/α,β-unsaturated/α-hetero) is 1. The zero-order valence-electron chi connectivity index (χ0n) is 18.3. The third-order valence-electron chi connectivity index (χ3n) is 6.56. The smallest absolute Gasteiger partial charge is 0.341 e. The van der Waals surface area contributed by atoms with Crippen molar-refractivity contribution in [3.8, 4) is 11.3 Å². The molecule has 0 aliphatic carbocycles. The maximum Gasteiger partial charge on any atom is 0.341 e. The van der Waals surface area contributed by atoms with Gasteiger partial charge in [0, 0.05) is 55.3 Å². The highest BCUT2D eigenvalue weighted by Crippen LogP contribution is 2.41. The highest BCUT2D eigenvalue weighted by Gasteiger charge is 2.31. The number of carbonyl (C=O) groups is 2. The fourth-order valence-corrected chi connectivity index (χ4v) is 4.80. The summed E-state index contributed by atoms with van der Waals surface area (Å²) in [5.74, 6) is -1.03. The molecule has 1 fully saturated rings. The van der Waals surface area contributed by atoms with Gasteiger partial charge in [-0.3, -0.25) is 9.59 Å². The minimum Gasteiger partial charge on any atom is -0.477 e. The molecule has 2 atom stereocenters. The molecular weight excluding hydrogens is 396 g/mol. The first-order valence-corrected chi connectivity index (χ1v) is 10.7. The topological polar surface area (TPSA) is 88.8 Å². The van der Waals surface area contributed by atoms with Crippen LogP contribution in [0.4, 0.5) is 5.69 Å². The fraction of sp³-hybridized carbons (Fsp3) is 0.458. The van der Waals surface area contributed by atoms with Gasteiger partial charge in [-0.25, -0.2) is 4.79 Å². The molecule has 0 spiro atoms. The summed E-state index contributed by atoms with van der Waals surface area (Å²) in [6, 6.07) is 5.37. The van der Waals surface area contributed by atoms with Gasteiger partial charge in [0.25, 0.3) is 0 Å². The summed E-state index contributed by atoms with van der Waals surface area (Å²) in [6.07, 6.45) is 3.22. The van der Waals surface area contributed by atoms with Crippen LogP contribution in [-0.4, -0.2) is 47.7 Å². The molecule has 7 nitrogen and oxygen atoms in total. The molecule has 0 radical (unpaired) electrons.